The maximum absolute atomic E-state index is 13.1. The highest BCUT2D eigenvalue weighted by molar-refractivity contribution is 7.89. The number of thiazole rings is 1. The van der Waals surface area contributed by atoms with E-state index in [1.165, 1.54) is 15.6 Å². The number of benzene rings is 2. The fourth-order valence-electron chi connectivity index (χ4n) is 3.98. The lowest BCUT2D eigenvalue weighted by molar-refractivity contribution is -0.122. The van der Waals surface area contributed by atoms with Crippen LogP contribution < -0.4 is 9.54 Å². The Kier molecular flexibility index (Phi) is 6.83. The molecule has 0 N–H and O–H groups in total. The molecule has 9 heteroatoms. The summed E-state index contributed by atoms with van der Waals surface area (Å²) in [5.41, 5.74) is 1.94. The summed E-state index contributed by atoms with van der Waals surface area (Å²) in [5, 5.41) is 0. The first-order chi connectivity index (χ1) is 15.8. The van der Waals surface area contributed by atoms with Gasteiger partial charge in [-0.25, -0.2) is 8.42 Å². The Labute approximate surface area is 197 Å². The molecule has 0 bridgehead atoms. The van der Waals surface area contributed by atoms with Crippen LogP contribution in [-0.2, 0) is 21.4 Å². The summed E-state index contributed by atoms with van der Waals surface area (Å²) in [7, 11) is -2.04. The second-order valence-electron chi connectivity index (χ2n) is 8.08. The largest absolute Gasteiger partial charge is 0.497 e. The smallest absolute Gasteiger partial charge is 0.252 e. The number of carbonyl (C=O) groups is 1. The van der Waals surface area contributed by atoms with Crippen LogP contribution in [-0.4, -0.2) is 43.4 Å². The van der Waals surface area contributed by atoms with E-state index in [1.807, 2.05) is 29.7 Å². The first-order valence-electron chi connectivity index (χ1n) is 10.8. The number of nitrogens with zero attached hydrogens (tertiary/aromatic N) is 3. The van der Waals surface area contributed by atoms with Crippen molar-refractivity contribution in [3.63, 3.8) is 0 Å². The zero-order chi connectivity index (χ0) is 23.6. The first-order valence-corrected chi connectivity index (χ1v) is 13.0. The summed E-state index contributed by atoms with van der Waals surface area (Å²) in [5.74, 6) is -0.0392. The third-order valence-corrected chi connectivity index (χ3v) is 8.72. The molecule has 1 saturated heterocycles. The Balaban J connectivity index is 1.63. The normalized spacial score (nSPS) is 17.9. The molecule has 1 amide bonds. The predicted octanol–water partition coefficient (Wildman–Crippen LogP) is 3.73. The number of piperidine rings is 1. The van der Waals surface area contributed by atoms with Gasteiger partial charge in [-0.3, -0.25) is 4.79 Å². The van der Waals surface area contributed by atoms with Gasteiger partial charge >= 0.3 is 0 Å². The standard InChI is InChI=1S/C24H27N3O4S2/c1-4-13-27-21-12-9-19(31-3)15-22(21)32-24(27)25-23(28)18-6-5-14-26(16-18)33(29,30)20-10-7-17(2)8-11-20/h4,7-12,15,18H,1,5-6,13-14,16H2,2-3H3. The molecule has 0 radical (unpaired) electrons. The number of fused-ring (bicyclic) bond motifs is 1. The number of sulfonamides is 1. The number of aryl methyl sites for hydroxylation is 1. The van der Waals surface area contributed by atoms with E-state index in [4.69, 9.17) is 4.74 Å². The van der Waals surface area contributed by atoms with Gasteiger partial charge in [0.1, 0.15) is 5.75 Å². The lowest BCUT2D eigenvalue weighted by Gasteiger charge is -2.30. The molecule has 1 aliphatic heterocycles. The van der Waals surface area contributed by atoms with E-state index in [1.54, 1.807) is 37.5 Å². The fraction of sp³-hybridized carbons (Fsp3) is 0.333. The molecule has 7 nitrogen and oxygen atoms in total. The molecular formula is C24H27N3O4S2. The van der Waals surface area contributed by atoms with Crippen LogP contribution in [0.4, 0.5) is 0 Å². The summed E-state index contributed by atoms with van der Waals surface area (Å²) in [6.45, 7) is 6.78. The molecule has 33 heavy (non-hydrogen) atoms. The van der Waals surface area contributed by atoms with Crippen LogP contribution in [0.1, 0.15) is 18.4 Å². The number of carbonyl (C=O) groups excluding carboxylic acids is 1. The molecule has 4 rings (SSSR count). The molecule has 1 unspecified atom stereocenters. The van der Waals surface area contributed by atoms with Crippen molar-refractivity contribution in [3.05, 3.63) is 65.5 Å². The van der Waals surface area contributed by atoms with Crippen molar-refractivity contribution < 1.29 is 17.9 Å². The van der Waals surface area contributed by atoms with E-state index in [2.05, 4.69) is 11.6 Å². The zero-order valence-electron chi connectivity index (χ0n) is 18.7. The second kappa shape index (κ2) is 9.62. The lowest BCUT2D eigenvalue weighted by atomic mass is 9.99. The highest BCUT2D eigenvalue weighted by atomic mass is 32.2. The predicted molar refractivity (Wildman–Crippen MR) is 130 cm³/mol. The van der Waals surface area contributed by atoms with Crippen molar-refractivity contribution in [2.45, 2.75) is 31.2 Å². The number of amides is 1. The van der Waals surface area contributed by atoms with Gasteiger partial charge in [0.05, 0.1) is 28.1 Å². The van der Waals surface area contributed by atoms with Crippen molar-refractivity contribution in [1.29, 1.82) is 0 Å². The highest BCUT2D eigenvalue weighted by Gasteiger charge is 2.33. The van der Waals surface area contributed by atoms with Gasteiger partial charge in [-0.05, 0) is 50.1 Å². The first kappa shape index (κ1) is 23.4. The van der Waals surface area contributed by atoms with Crippen molar-refractivity contribution in [2.24, 2.45) is 10.9 Å². The number of rotatable bonds is 6. The molecule has 2 aromatic carbocycles. The summed E-state index contributed by atoms with van der Waals surface area (Å²) < 4.78 is 35.8. The molecule has 0 saturated carbocycles. The van der Waals surface area contributed by atoms with Crippen LogP contribution in [0.5, 0.6) is 5.75 Å². The topological polar surface area (TPSA) is 81.0 Å². The maximum Gasteiger partial charge on any atom is 0.252 e. The molecule has 1 aliphatic rings. The van der Waals surface area contributed by atoms with Crippen LogP contribution in [0.25, 0.3) is 10.2 Å². The van der Waals surface area contributed by atoms with Gasteiger partial charge < -0.3 is 9.30 Å². The number of aromatic nitrogens is 1. The Morgan fingerprint density at radius 2 is 2.03 bits per heavy atom. The van der Waals surface area contributed by atoms with Crippen molar-refractivity contribution in [1.82, 2.24) is 8.87 Å². The zero-order valence-corrected chi connectivity index (χ0v) is 20.4. The monoisotopic (exact) mass is 485 g/mol. The quantitative estimate of drug-likeness (QED) is 0.498. The van der Waals surface area contributed by atoms with Crippen molar-refractivity contribution in [2.75, 3.05) is 20.2 Å². The van der Waals surface area contributed by atoms with Crippen LogP contribution in [0, 0.1) is 12.8 Å². The molecule has 1 atom stereocenters. The molecule has 3 aromatic rings. The van der Waals surface area contributed by atoms with Gasteiger partial charge in [0, 0.05) is 19.6 Å². The molecule has 0 spiro atoms. The molecular weight excluding hydrogens is 458 g/mol. The highest BCUT2D eigenvalue weighted by Crippen LogP contribution is 2.26. The van der Waals surface area contributed by atoms with Crippen LogP contribution in [0.15, 0.2) is 65.0 Å². The molecule has 2 heterocycles. The van der Waals surface area contributed by atoms with Gasteiger partial charge in [-0.15, -0.1) is 6.58 Å². The van der Waals surface area contributed by atoms with Gasteiger partial charge in [-0.1, -0.05) is 35.1 Å². The van der Waals surface area contributed by atoms with Gasteiger partial charge in [-0.2, -0.15) is 9.30 Å². The lowest BCUT2D eigenvalue weighted by Crippen LogP contribution is -2.42. The van der Waals surface area contributed by atoms with Gasteiger partial charge in [0.2, 0.25) is 10.0 Å². The van der Waals surface area contributed by atoms with E-state index in [9.17, 15) is 13.2 Å². The van der Waals surface area contributed by atoms with Crippen molar-refractivity contribution >= 4 is 37.5 Å². The Hall–Kier alpha value is -2.75. The van der Waals surface area contributed by atoms with Crippen molar-refractivity contribution in [3.8, 4) is 5.75 Å². The number of allylic oxidation sites excluding steroid dienone is 1. The van der Waals surface area contributed by atoms with E-state index < -0.39 is 15.9 Å². The molecule has 0 aliphatic carbocycles. The van der Waals surface area contributed by atoms with E-state index in [0.717, 1.165) is 21.5 Å². The third kappa shape index (κ3) is 4.80. The third-order valence-electron chi connectivity index (χ3n) is 5.80. The summed E-state index contributed by atoms with van der Waals surface area (Å²) in [6.07, 6.45) is 2.99. The van der Waals surface area contributed by atoms with Gasteiger partial charge in [0.15, 0.2) is 4.80 Å². The molecule has 1 fully saturated rings. The minimum atomic E-state index is -3.65. The summed E-state index contributed by atoms with van der Waals surface area (Å²) in [4.78, 5) is 18.4. The fourth-order valence-corrected chi connectivity index (χ4v) is 6.58. The van der Waals surface area contributed by atoms with E-state index in [0.29, 0.717) is 30.7 Å². The minimum Gasteiger partial charge on any atom is -0.497 e. The van der Waals surface area contributed by atoms with E-state index in [-0.39, 0.29) is 17.3 Å². The number of methoxy groups -OCH3 is 1. The Bertz CT molecular complexity index is 1350. The summed E-state index contributed by atoms with van der Waals surface area (Å²) in [6, 6.07) is 12.5. The minimum absolute atomic E-state index is 0.138. The average Bonchev–Trinajstić information content (AvgIpc) is 3.15. The number of ether oxygens (including phenoxy) is 1. The number of hydrogen-bond acceptors (Lipinski definition) is 5. The van der Waals surface area contributed by atoms with Crippen LogP contribution >= 0.6 is 11.3 Å². The van der Waals surface area contributed by atoms with Crippen LogP contribution in [0.3, 0.4) is 0 Å². The number of hydrogen-bond donors (Lipinski definition) is 0. The average molecular weight is 486 g/mol. The Morgan fingerprint density at radius 3 is 2.73 bits per heavy atom. The molecule has 1 aromatic heterocycles. The Morgan fingerprint density at radius 1 is 1.27 bits per heavy atom. The SMILES string of the molecule is C=CCn1c(=NC(=O)C2CCCN(S(=O)(=O)c3ccc(C)cc3)C2)sc2cc(OC)ccc21. The van der Waals surface area contributed by atoms with E-state index >= 15 is 0 Å². The maximum atomic E-state index is 13.1. The molecule has 174 valence electrons. The second-order valence-corrected chi connectivity index (χ2v) is 11.0. The van der Waals surface area contributed by atoms with Gasteiger partial charge in [0.25, 0.3) is 5.91 Å². The van der Waals surface area contributed by atoms with Crippen LogP contribution in [0.2, 0.25) is 0 Å². The summed E-state index contributed by atoms with van der Waals surface area (Å²) >= 11 is 1.41.